The van der Waals surface area contributed by atoms with Gasteiger partial charge in [-0.2, -0.15) is 0 Å². The highest BCUT2D eigenvalue weighted by Crippen LogP contribution is 2.16. The highest BCUT2D eigenvalue weighted by Gasteiger charge is 2.17. The summed E-state index contributed by atoms with van der Waals surface area (Å²) in [7, 11) is 0. The van der Waals surface area contributed by atoms with Crippen molar-refractivity contribution < 1.29 is 13.6 Å². The second kappa shape index (κ2) is 5.80. The van der Waals surface area contributed by atoms with Crippen LogP contribution in [-0.4, -0.2) is 18.0 Å². The van der Waals surface area contributed by atoms with Crippen LogP contribution in [0.5, 0.6) is 0 Å². The predicted molar refractivity (Wildman–Crippen MR) is 67.4 cm³/mol. The largest absolute Gasteiger partial charge is 0.374 e. The summed E-state index contributed by atoms with van der Waals surface area (Å²) in [6, 6.07) is 3.80. The van der Waals surface area contributed by atoms with Crippen LogP contribution >= 0.6 is 0 Å². The fourth-order valence-corrected chi connectivity index (χ4v) is 1.33. The number of nitrogens with one attached hydrogen (secondary N) is 2. The highest BCUT2D eigenvalue weighted by atomic mass is 19.2. The van der Waals surface area contributed by atoms with Crippen molar-refractivity contribution in [2.75, 3.05) is 11.9 Å². The van der Waals surface area contributed by atoms with Crippen molar-refractivity contribution in [2.45, 2.75) is 32.7 Å². The third-order valence-electron chi connectivity index (χ3n) is 2.75. The Hall–Kier alpha value is -1.65. The third-order valence-corrected chi connectivity index (χ3v) is 2.75. The first-order chi connectivity index (χ1) is 8.35. The van der Waals surface area contributed by atoms with Gasteiger partial charge in [0, 0.05) is 5.54 Å². The normalized spacial score (nSPS) is 11.2. The first kappa shape index (κ1) is 14.4. The van der Waals surface area contributed by atoms with Crippen LogP contribution in [0, 0.1) is 11.6 Å². The molecule has 0 saturated heterocycles. The van der Waals surface area contributed by atoms with Gasteiger partial charge in [0.05, 0.1) is 12.2 Å². The molecule has 0 bridgehead atoms. The summed E-state index contributed by atoms with van der Waals surface area (Å²) in [5.74, 6) is -2.17. The Morgan fingerprint density at radius 2 is 2.00 bits per heavy atom. The molecule has 0 aliphatic rings. The molecule has 0 aliphatic carbocycles. The molecule has 0 aliphatic heterocycles. The van der Waals surface area contributed by atoms with Crippen molar-refractivity contribution in [1.29, 1.82) is 0 Å². The maximum absolute atomic E-state index is 13.3. The van der Waals surface area contributed by atoms with E-state index in [4.69, 9.17) is 0 Å². The Morgan fingerprint density at radius 3 is 2.61 bits per heavy atom. The van der Waals surface area contributed by atoms with Crippen LogP contribution in [0.4, 0.5) is 14.5 Å². The fourth-order valence-electron chi connectivity index (χ4n) is 1.33. The summed E-state index contributed by atoms with van der Waals surface area (Å²) in [5, 5.41) is 5.37. The molecule has 18 heavy (non-hydrogen) atoms. The van der Waals surface area contributed by atoms with Gasteiger partial charge in [0.25, 0.3) is 0 Å². The van der Waals surface area contributed by atoms with Gasteiger partial charge in [0.1, 0.15) is 0 Å². The lowest BCUT2D eigenvalue weighted by atomic mass is 10.0. The van der Waals surface area contributed by atoms with Crippen molar-refractivity contribution in [3.63, 3.8) is 0 Å². The van der Waals surface area contributed by atoms with Gasteiger partial charge >= 0.3 is 0 Å². The van der Waals surface area contributed by atoms with E-state index in [0.717, 1.165) is 12.5 Å². The van der Waals surface area contributed by atoms with Gasteiger partial charge in [-0.25, -0.2) is 8.78 Å². The number of benzene rings is 1. The summed E-state index contributed by atoms with van der Waals surface area (Å²) in [5.41, 5.74) is -0.321. The topological polar surface area (TPSA) is 41.1 Å². The van der Waals surface area contributed by atoms with E-state index in [1.807, 2.05) is 20.8 Å². The van der Waals surface area contributed by atoms with Crippen LogP contribution < -0.4 is 10.6 Å². The smallest absolute Gasteiger partial charge is 0.239 e. The van der Waals surface area contributed by atoms with Gasteiger partial charge in [-0.1, -0.05) is 13.0 Å². The van der Waals surface area contributed by atoms with E-state index in [9.17, 15) is 13.6 Å². The number of halogens is 2. The van der Waals surface area contributed by atoms with E-state index in [0.29, 0.717) is 0 Å². The maximum atomic E-state index is 13.3. The van der Waals surface area contributed by atoms with Crippen LogP contribution in [0.3, 0.4) is 0 Å². The zero-order valence-electron chi connectivity index (χ0n) is 10.8. The van der Waals surface area contributed by atoms with Gasteiger partial charge in [-0.3, -0.25) is 4.79 Å². The SMILES string of the molecule is CCC(C)(C)NC(=O)CNc1cccc(F)c1F. The molecule has 5 heteroatoms. The predicted octanol–water partition coefficient (Wildman–Crippen LogP) is 2.68. The molecule has 1 aromatic carbocycles. The molecule has 0 fully saturated rings. The molecule has 0 atom stereocenters. The third kappa shape index (κ3) is 3.98. The Balaban J connectivity index is 2.56. The van der Waals surface area contributed by atoms with E-state index in [1.165, 1.54) is 12.1 Å². The average molecular weight is 256 g/mol. The fraction of sp³-hybridized carbons (Fsp3) is 0.462. The summed E-state index contributed by atoms with van der Waals surface area (Å²) >= 11 is 0. The van der Waals surface area contributed by atoms with E-state index in [2.05, 4.69) is 10.6 Å². The number of hydrogen-bond donors (Lipinski definition) is 2. The van der Waals surface area contributed by atoms with Crippen molar-refractivity contribution in [2.24, 2.45) is 0 Å². The highest BCUT2D eigenvalue weighted by molar-refractivity contribution is 5.81. The summed E-state index contributed by atoms with van der Waals surface area (Å²) in [6.45, 7) is 5.66. The maximum Gasteiger partial charge on any atom is 0.239 e. The monoisotopic (exact) mass is 256 g/mol. The second-order valence-corrected chi connectivity index (χ2v) is 4.74. The number of anilines is 1. The Labute approximate surface area is 106 Å². The van der Waals surface area contributed by atoms with Crippen LogP contribution in [0.1, 0.15) is 27.2 Å². The van der Waals surface area contributed by atoms with Gasteiger partial charge in [0.2, 0.25) is 5.91 Å². The number of carbonyl (C=O) groups is 1. The molecule has 1 rings (SSSR count). The summed E-state index contributed by atoms with van der Waals surface area (Å²) in [6.07, 6.45) is 0.785. The quantitative estimate of drug-likeness (QED) is 0.850. The van der Waals surface area contributed by atoms with Crippen LogP contribution in [0.25, 0.3) is 0 Å². The molecule has 1 amide bonds. The molecule has 3 nitrogen and oxygen atoms in total. The molecule has 2 N–H and O–H groups in total. The number of carbonyl (C=O) groups excluding carboxylic acids is 1. The zero-order chi connectivity index (χ0) is 13.8. The Kier molecular flexibility index (Phi) is 4.64. The van der Waals surface area contributed by atoms with Crippen molar-refractivity contribution in [3.05, 3.63) is 29.8 Å². The molecule has 0 heterocycles. The first-order valence-corrected chi connectivity index (χ1v) is 5.84. The molecular weight excluding hydrogens is 238 g/mol. The standard InChI is InChI=1S/C13H18F2N2O/c1-4-13(2,3)17-11(18)8-16-10-7-5-6-9(14)12(10)15/h5-7,16H,4,8H2,1-3H3,(H,17,18). The van der Waals surface area contributed by atoms with E-state index in [1.54, 1.807) is 0 Å². The first-order valence-electron chi connectivity index (χ1n) is 5.84. The summed E-state index contributed by atoms with van der Waals surface area (Å²) < 4.78 is 26.2. The second-order valence-electron chi connectivity index (χ2n) is 4.74. The van der Waals surface area contributed by atoms with Crippen LogP contribution in [0.15, 0.2) is 18.2 Å². The molecule has 1 aromatic rings. The molecular formula is C13H18F2N2O. The molecule has 0 unspecified atom stereocenters. The molecule has 0 radical (unpaired) electrons. The zero-order valence-corrected chi connectivity index (χ0v) is 10.8. The molecule has 100 valence electrons. The Bertz CT molecular complexity index is 433. The van der Waals surface area contributed by atoms with E-state index in [-0.39, 0.29) is 23.7 Å². The lowest BCUT2D eigenvalue weighted by Crippen LogP contribution is -2.45. The minimum Gasteiger partial charge on any atom is -0.374 e. The van der Waals surface area contributed by atoms with Gasteiger partial charge in [0.15, 0.2) is 11.6 Å². The van der Waals surface area contributed by atoms with E-state index >= 15 is 0 Å². The summed E-state index contributed by atoms with van der Waals surface area (Å²) in [4.78, 5) is 11.6. The van der Waals surface area contributed by atoms with Crippen molar-refractivity contribution in [3.8, 4) is 0 Å². The van der Waals surface area contributed by atoms with E-state index < -0.39 is 11.6 Å². The van der Waals surface area contributed by atoms with Crippen LogP contribution in [0.2, 0.25) is 0 Å². The molecule has 0 aromatic heterocycles. The Morgan fingerprint density at radius 1 is 1.33 bits per heavy atom. The minimum atomic E-state index is -0.972. The molecule has 0 spiro atoms. The van der Waals surface area contributed by atoms with Gasteiger partial charge in [-0.15, -0.1) is 0 Å². The van der Waals surface area contributed by atoms with Crippen molar-refractivity contribution >= 4 is 11.6 Å². The number of amides is 1. The minimum absolute atomic E-state index is 0.0144. The van der Waals surface area contributed by atoms with Crippen LogP contribution in [-0.2, 0) is 4.79 Å². The van der Waals surface area contributed by atoms with Gasteiger partial charge < -0.3 is 10.6 Å². The lowest BCUT2D eigenvalue weighted by molar-refractivity contribution is -0.121. The number of rotatable bonds is 5. The average Bonchev–Trinajstić information content (AvgIpc) is 2.30. The van der Waals surface area contributed by atoms with Gasteiger partial charge in [-0.05, 0) is 32.4 Å². The van der Waals surface area contributed by atoms with Crippen molar-refractivity contribution in [1.82, 2.24) is 5.32 Å². The lowest BCUT2D eigenvalue weighted by Gasteiger charge is -2.24. The molecule has 0 saturated carbocycles. The number of hydrogen-bond acceptors (Lipinski definition) is 2.